The van der Waals surface area contributed by atoms with Crippen LogP contribution in [0.1, 0.15) is 39.0 Å². The fourth-order valence-corrected chi connectivity index (χ4v) is 2.34. The molecule has 0 saturated heterocycles. The largest absolute Gasteiger partial charge is 1.00 e. The Labute approximate surface area is 199 Å². The summed E-state index contributed by atoms with van der Waals surface area (Å²) in [7, 11) is -7.78. The topological polar surface area (TPSA) is 57.2 Å². The molecule has 0 radical (unpaired) electrons. The van der Waals surface area contributed by atoms with E-state index < -0.39 is 57.8 Å². The third-order valence-corrected chi connectivity index (χ3v) is 4.55. The van der Waals surface area contributed by atoms with Crippen LogP contribution in [-0.4, -0.2) is 47.8 Å². The average molecular weight is 504 g/mol. The first-order valence-electron chi connectivity index (χ1n) is 7.28. The van der Waals surface area contributed by atoms with Crippen molar-refractivity contribution < 1.29 is 117 Å². The first kappa shape index (κ1) is 31.9. The van der Waals surface area contributed by atoms with Gasteiger partial charge in [0.05, 0.1) is 0 Å². The van der Waals surface area contributed by atoms with E-state index >= 15 is 0 Å². The van der Waals surface area contributed by atoms with Crippen LogP contribution in [0.5, 0.6) is 0 Å². The van der Waals surface area contributed by atoms with Gasteiger partial charge in [-0.25, -0.2) is 8.42 Å². The second-order valence-corrected chi connectivity index (χ2v) is 7.20. The van der Waals surface area contributed by atoms with Crippen LogP contribution in [0.2, 0.25) is 0 Å². The number of hydrogen-bond donors (Lipinski definition) is 0. The van der Waals surface area contributed by atoms with Gasteiger partial charge in [-0.1, -0.05) is 26.2 Å². The molecule has 0 amide bonds. The molecule has 17 heteroatoms. The Kier molecular flexibility index (Phi) is 10.6. The molecule has 0 aliphatic heterocycles. The second kappa shape index (κ2) is 9.68. The van der Waals surface area contributed by atoms with E-state index in [9.17, 15) is 65.7 Å². The van der Waals surface area contributed by atoms with Crippen LogP contribution in [0.25, 0.3) is 0 Å². The van der Waals surface area contributed by atoms with Crippen molar-refractivity contribution in [2.24, 2.45) is 0 Å². The van der Waals surface area contributed by atoms with E-state index in [-0.39, 0.29) is 64.2 Å². The standard InChI is InChI=1S/C12H14F12O3S.K/c1-2-3-4-5-6-7(13,14)8(15,16)9(17,18)10(19,20)11(21,22)12(23,24)28(25,26)27;/h2-6H2,1H3,(H,25,26,27);/q;+1/p-1. The van der Waals surface area contributed by atoms with Gasteiger partial charge in [0.25, 0.3) is 0 Å². The van der Waals surface area contributed by atoms with Gasteiger partial charge in [-0.05, 0) is 6.42 Å². The Morgan fingerprint density at radius 3 is 1.38 bits per heavy atom. The Morgan fingerprint density at radius 2 is 1.03 bits per heavy atom. The van der Waals surface area contributed by atoms with E-state index in [0.717, 1.165) is 0 Å². The summed E-state index contributed by atoms with van der Waals surface area (Å²) in [6.45, 7) is 1.52. The molecule has 3 nitrogen and oxygen atoms in total. The van der Waals surface area contributed by atoms with E-state index in [1.54, 1.807) is 0 Å². The molecule has 0 bridgehead atoms. The maximum absolute atomic E-state index is 13.4. The van der Waals surface area contributed by atoms with Gasteiger partial charge in [0.15, 0.2) is 10.1 Å². The van der Waals surface area contributed by atoms with Crippen LogP contribution < -0.4 is 51.4 Å². The summed E-state index contributed by atoms with van der Waals surface area (Å²) in [5, 5.41) is -7.51. The Hall–Kier alpha value is 0.706. The van der Waals surface area contributed by atoms with E-state index in [2.05, 4.69) is 0 Å². The molecule has 0 atom stereocenters. The fourth-order valence-electron chi connectivity index (χ4n) is 1.89. The van der Waals surface area contributed by atoms with E-state index in [1.807, 2.05) is 0 Å². The zero-order chi connectivity index (χ0) is 23.0. The summed E-state index contributed by atoms with van der Waals surface area (Å²) in [5.41, 5.74) is 0. The van der Waals surface area contributed by atoms with Gasteiger partial charge in [0, 0.05) is 6.42 Å². The van der Waals surface area contributed by atoms with Crippen molar-refractivity contribution in [1.29, 1.82) is 0 Å². The molecule has 29 heavy (non-hydrogen) atoms. The quantitative estimate of drug-likeness (QED) is 0.188. The minimum Gasteiger partial charge on any atom is -0.743 e. The summed E-state index contributed by atoms with van der Waals surface area (Å²) in [6.07, 6.45) is -2.89. The molecule has 170 valence electrons. The number of alkyl halides is 12. The Balaban J connectivity index is 0. The van der Waals surface area contributed by atoms with E-state index in [4.69, 9.17) is 0 Å². The third kappa shape index (κ3) is 5.38. The second-order valence-electron chi connectivity index (χ2n) is 5.78. The molecule has 0 saturated carbocycles. The maximum atomic E-state index is 13.4. The molecule has 0 rings (SSSR count). The average Bonchev–Trinajstić information content (AvgIpc) is 2.49. The molecule has 0 fully saturated rings. The predicted octanol–water partition coefficient (Wildman–Crippen LogP) is 2.28. The van der Waals surface area contributed by atoms with Gasteiger partial charge in [-0.2, -0.15) is 52.7 Å². The van der Waals surface area contributed by atoms with Crippen molar-refractivity contribution in [3.8, 4) is 0 Å². The van der Waals surface area contributed by atoms with Crippen LogP contribution in [0.3, 0.4) is 0 Å². The molecule has 0 aliphatic rings. The van der Waals surface area contributed by atoms with Crippen LogP contribution in [0.4, 0.5) is 52.7 Å². The van der Waals surface area contributed by atoms with Gasteiger partial charge in [0.2, 0.25) is 0 Å². The predicted molar refractivity (Wildman–Crippen MR) is 68.1 cm³/mol. The summed E-state index contributed by atoms with van der Waals surface area (Å²) in [4.78, 5) is 0. The van der Waals surface area contributed by atoms with Crippen molar-refractivity contribution in [3.05, 3.63) is 0 Å². The zero-order valence-corrected chi connectivity index (χ0v) is 18.6. The van der Waals surface area contributed by atoms with Crippen molar-refractivity contribution in [3.63, 3.8) is 0 Å². The normalized spacial score (nSPS) is 15.2. The molecule has 0 N–H and O–H groups in total. The maximum Gasteiger partial charge on any atom is 1.00 e. The van der Waals surface area contributed by atoms with Crippen molar-refractivity contribution in [2.75, 3.05) is 0 Å². The molecule has 0 spiro atoms. The van der Waals surface area contributed by atoms with Gasteiger partial charge >= 0.3 is 86.3 Å². The van der Waals surface area contributed by atoms with E-state index in [0.29, 0.717) is 6.42 Å². The molecular formula is C12H13F12KO3S. The van der Waals surface area contributed by atoms with Crippen LogP contribution in [0.15, 0.2) is 0 Å². The number of rotatable bonds is 11. The molecule has 0 aromatic carbocycles. The molecule has 0 unspecified atom stereocenters. The number of hydrogen-bond acceptors (Lipinski definition) is 3. The summed E-state index contributed by atoms with van der Waals surface area (Å²) < 4.78 is 189. The van der Waals surface area contributed by atoms with E-state index in [1.165, 1.54) is 6.92 Å². The third-order valence-electron chi connectivity index (χ3n) is 3.67. The van der Waals surface area contributed by atoms with Crippen LogP contribution >= 0.6 is 0 Å². The molecule has 0 aromatic rings. The van der Waals surface area contributed by atoms with Crippen molar-refractivity contribution in [2.45, 2.75) is 73.9 Å². The van der Waals surface area contributed by atoms with Crippen LogP contribution in [0, 0.1) is 0 Å². The fraction of sp³-hybridized carbons (Fsp3) is 1.00. The summed E-state index contributed by atoms with van der Waals surface area (Å²) in [6, 6.07) is 0. The Bertz CT molecular complexity index is 651. The van der Waals surface area contributed by atoms with Gasteiger partial charge in [-0.15, -0.1) is 0 Å². The first-order valence-corrected chi connectivity index (χ1v) is 8.69. The Morgan fingerprint density at radius 1 is 0.655 bits per heavy atom. The molecule has 0 aliphatic carbocycles. The summed E-state index contributed by atoms with van der Waals surface area (Å²) in [5.74, 6) is -37.2. The van der Waals surface area contributed by atoms with Gasteiger partial charge in [0.1, 0.15) is 0 Å². The molecular weight excluding hydrogens is 491 g/mol. The minimum absolute atomic E-state index is 0. The number of halogens is 12. The minimum atomic E-state index is -8.06. The van der Waals surface area contributed by atoms with Gasteiger partial charge < -0.3 is 4.55 Å². The smallest absolute Gasteiger partial charge is 0.743 e. The SMILES string of the molecule is CCCCCCC(F)(F)C(F)(F)C(F)(F)C(F)(F)C(F)(F)C(F)(F)S(=O)(=O)[O-].[K+]. The van der Waals surface area contributed by atoms with Gasteiger partial charge in [-0.3, -0.25) is 0 Å². The summed E-state index contributed by atoms with van der Waals surface area (Å²) >= 11 is 0. The number of unbranched alkanes of at least 4 members (excludes halogenated alkanes) is 3. The molecule has 0 aromatic heterocycles. The zero-order valence-electron chi connectivity index (χ0n) is 14.7. The van der Waals surface area contributed by atoms with Crippen molar-refractivity contribution in [1.82, 2.24) is 0 Å². The van der Waals surface area contributed by atoms with Crippen molar-refractivity contribution >= 4 is 10.1 Å². The van der Waals surface area contributed by atoms with Crippen LogP contribution in [-0.2, 0) is 10.1 Å². The molecule has 0 heterocycles. The first-order chi connectivity index (χ1) is 12.1. The monoisotopic (exact) mass is 504 g/mol.